The van der Waals surface area contributed by atoms with E-state index >= 15 is 0 Å². The van der Waals surface area contributed by atoms with Crippen molar-refractivity contribution in [2.45, 2.75) is 11.8 Å². The second-order valence-corrected chi connectivity index (χ2v) is 7.18. The van der Waals surface area contributed by atoms with Crippen LogP contribution in [0.25, 0.3) is 4.96 Å². The molecule has 0 unspecified atom stereocenters. The van der Waals surface area contributed by atoms with Gasteiger partial charge in [0, 0.05) is 47.2 Å². The van der Waals surface area contributed by atoms with Crippen molar-refractivity contribution < 1.29 is 0 Å². The summed E-state index contributed by atoms with van der Waals surface area (Å²) >= 11 is 5.26. The Labute approximate surface area is 129 Å². The molecule has 1 saturated heterocycles. The lowest BCUT2D eigenvalue weighted by Gasteiger charge is -2.43. The minimum Gasteiger partial charge on any atom is -0.315 e. The predicted molar refractivity (Wildman–Crippen MR) is 85.5 cm³/mol. The van der Waals surface area contributed by atoms with Gasteiger partial charge in [0.25, 0.3) is 0 Å². The highest BCUT2D eigenvalue weighted by atomic mass is 79.9. The molecule has 1 N–H and O–H groups in total. The fourth-order valence-corrected chi connectivity index (χ4v) is 4.00. The van der Waals surface area contributed by atoms with E-state index in [1.807, 2.05) is 0 Å². The number of thiazole rings is 1. The Kier molecular flexibility index (Phi) is 2.94. The van der Waals surface area contributed by atoms with Gasteiger partial charge in [-0.2, -0.15) is 0 Å². The van der Waals surface area contributed by atoms with Crippen LogP contribution in [-0.4, -0.2) is 22.5 Å². The number of rotatable bonds is 3. The Morgan fingerprint density at radius 2 is 2.30 bits per heavy atom. The van der Waals surface area contributed by atoms with Crippen molar-refractivity contribution in [2.24, 2.45) is 0 Å². The van der Waals surface area contributed by atoms with Crippen LogP contribution in [0.15, 0.2) is 46.5 Å². The smallest absolute Gasteiger partial charge is 0.193 e. The van der Waals surface area contributed by atoms with E-state index in [-0.39, 0.29) is 5.41 Å². The molecule has 3 aromatic rings. The summed E-state index contributed by atoms with van der Waals surface area (Å²) in [6, 6.07) is 8.66. The molecule has 4 rings (SSSR count). The van der Waals surface area contributed by atoms with E-state index in [1.165, 1.54) is 11.3 Å². The maximum absolute atomic E-state index is 4.73. The number of aromatic nitrogens is 2. The molecule has 3 heterocycles. The minimum atomic E-state index is 0.188. The Hall–Kier alpha value is -1.17. The zero-order valence-corrected chi connectivity index (χ0v) is 13.2. The van der Waals surface area contributed by atoms with Crippen LogP contribution in [0, 0.1) is 0 Å². The first-order valence-electron chi connectivity index (χ1n) is 6.63. The van der Waals surface area contributed by atoms with Gasteiger partial charge in [-0.3, -0.25) is 4.40 Å². The third kappa shape index (κ3) is 2.01. The van der Waals surface area contributed by atoms with E-state index in [9.17, 15) is 0 Å². The van der Waals surface area contributed by atoms with Crippen molar-refractivity contribution in [3.63, 3.8) is 0 Å². The lowest BCUT2D eigenvalue weighted by Crippen LogP contribution is -2.58. The van der Waals surface area contributed by atoms with Crippen molar-refractivity contribution in [2.75, 3.05) is 13.1 Å². The van der Waals surface area contributed by atoms with Gasteiger partial charge in [0.15, 0.2) is 4.96 Å². The molecule has 1 aliphatic rings. The molecular formula is C15H14BrN3S. The van der Waals surface area contributed by atoms with E-state index in [1.54, 1.807) is 11.3 Å². The molecule has 0 amide bonds. The molecule has 3 nitrogen and oxygen atoms in total. The van der Waals surface area contributed by atoms with Crippen molar-refractivity contribution in [3.05, 3.63) is 57.8 Å². The van der Waals surface area contributed by atoms with Crippen LogP contribution >= 0.6 is 27.3 Å². The third-order valence-electron chi connectivity index (χ3n) is 4.03. The van der Waals surface area contributed by atoms with E-state index in [0.29, 0.717) is 0 Å². The number of imidazole rings is 1. The maximum Gasteiger partial charge on any atom is 0.193 e. The van der Waals surface area contributed by atoms with Gasteiger partial charge in [0.2, 0.25) is 0 Å². The highest BCUT2D eigenvalue weighted by Crippen LogP contribution is 2.33. The molecule has 2 aromatic heterocycles. The molecule has 1 aliphatic heterocycles. The van der Waals surface area contributed by atoms with Crippen LogP contribution in [0.4, 0.5) is 0 Å². The number of nitrogens with one attached hydrogen (secondary N) is 1. The number of fused-ring (bicyclic) bond motifs is 1. The Morgan fingerprint density at radius 1 is 1.40 bits per heavy atom. The molecule has 20 heavy (non-hydrogen) atoms. The zero-order chi connectivity index (χ0) is 13.6. The van der Waals surface area contributed by atoms with Gasteiger partial charge in [-0.05, 0) is 17.7 Å². The van der Waals surface area contributed by atoms with Crippen molar-refractivity contribution >= 4 is 32.2 Å². The van der Waals surface area contributed by atoms with E-state index in [2.05, 4.69) is 67.7 Å². The summed E-state index contributed by atoms with van der Waals surface area (Å²) in [4.78, 5) is 5.81. The molecule has 0 spiro atoms. The summed E-state index contributed by atoms with van der Waals surface area (Å²) in [5, 5.41) is 5.49. The van der Waals surface area contributed by atoms with Crippen molar-refractivity contribution in [1.82, 2.24) is 14.7 Å². The fraction of sp³-hybridized carbons (Fsp3) is 0.267. The van der Waals surface area contributed by atoms with Crippen LogP contribution in [0.3, 0.4) is 0 Å². The number of hydrogen-bond acceptors (Lipinski definition) is 3. The van der Waals surface area contributed by atoms with E-state index in [4.69, 9.17) is 4.98 Å². The highest BCUT2D eigenvalue weighted by molar-refractivity contribution is 9.10. The summed E-state index contributed by atoms with van der Waals surface area (Å²) in [6.07, 6.45) is 5.22. The average Bonchev–Trinajstić information content (AvgIpc) is 2.94. The minimum absolute atomic E-state index is 0.188. The first kappa shape index (κ1) is 12.6. The molecule has 1 aromatic carbocycles. The molecule has 0 bridgehead atoms. The summed E-state index contributed by atoms with van der Waals surface area (Å²) in [7, 11) is 0. The van der Waals surface area contributed by atoms with Crippen LogP contribution < -0.4 is 5.32 Å². The lowest BCUT2D eigenvalue weighted by atomic mass is 9.72. The number of halogens is 1. The Balaban J connectivity index is 1.69. The molecule has 5 heteroatoms. The van der Waals surface area contributed by atoms with Gasteiger partial charge < -0.3 is 5.32 Å². The average molecular weight is 348 g/mol. The second-order valence-electron chi connectivity index (χ2n) is 5.40. The SMILES string of the molecule is Brc1cccc(C2(Cc3cn4ccsc4n3)CNC2)c1. The third-order valence-corrected chi connectivity index (χ3v) is 5.29. The van der Waals surface area contributed by atoms with Gasteiger partial charge in [-0.25, -0.2) is 4.98 Å². The topological polar surface area (TPSA) is 29.3 Å². The van der Waals surface area contributed by atoms with Crippen molar-refractivity contribution in [1.29, 1.82) is 0 Å². The highest BCUT2D eigenvalue weighted by Gasteiger charge is 2.39. The van der Waals surface area contributed by atoms with Gasteiger partial charge in [0.1, 0.15) is 0 Å². The Bertz CT molecular complexity index is 729. The van der Waals surface area contributed by atoms with E-state index in [0.717, 1.165) is 28.9 Å². The zero-order valence-electron chi connectivity index (χ0n) is 10.8. The number of benzene rings is 1. The number of nitrogens with zero attached hydrogens (tertiary/aromatic N) is 2. The molecule has 0 radical (unpaired) electrons. The van der Waals surface area contributed by atoms with Crippen LogP contribution in [0.2, 0.25) is 0 Å². The summed E-state index contributed by atoms with van der Waals surface area (Å²) < 4.78 is 3.26. The summed E-state index contributed by atoms with van der Waals surface area (Å²) in [5.74, 6) is 0. The second kappa shape index (κ2) is 4.69. The standard InChI is InChI=1S/C15H14BrN3S/c16-12-3-1-2-11(6-12)15(9-17-10-15)7-13-8-19-4-5-20-14(19)18-13/h1-6,8,17H,7,9-10H2. The van der Waals surface area contributed by atoms with Crippen LogP contribution in [0.1, 0.15) is 11.3 Å². The quantitative estimate of drug-likeness (QED) is 0.787. The molecule has 102 valence electrons. The molecule has 0 atom stereocenters. The fourth-order valence-electron chi connectivity index (χ4n) is 2.88. The summed E-state index contributed by atoms with van der Waals surface area (Å²) in [6.45, 7) is 2.04. The maximum atomic E-state index is 4.73. The van der Waals surface area contributed by atoms with E-state index < -0.39 is 0 Å². The first-order valence-corrected chi connectivity index (χ1v) is 8.30. The van der Waals surface area contributed by atoms with Gasteiger partial charge in [-0.15, -0.1) is 11.3 Å². The molecule has 0 aliphatic carbocycles. The lowest BCUT2D eigenvalue weighted by molar-refractivity contribution is 0.273. The normalized spacial score (nSPS) is 17.2. The van der Waals surface area contributed by atoms with Gasteiger partial charge in [0.05, 0.1) is 5.69 Å². The monoisotopic (exact) mass is 347 g/mol. The van der Waals surface area contributed by atoms with Gasteiger partial charge in [-0.1, -0.05) is 28.1 Å². The largest absolute Gasteiger partial charge is 0.315 e. The summed E-state index contributed by atoms with van der Waals surface area (Å²) in [5.41, 5.74) is 2.76. The predicted octanol–water partition coefficient (Wildman–Crippen LogP) is 3.24. The number of hydrogen-bond donors (Lipinski definition) is 1. The van der Waals surface area contributed by atoms with Crippen molar-refractivity contribution in [3.8, 4) is 0 Å². The van der Waals surface area contributed by atoms with Crippen LogP contribution in [0.5, 0.6) is 0 Å². The molecule has 1 fully saturated rings. The van der Waals surface area contributed by atoms with Crippen LogP contribution in [-0.2, 0) is 11.8 Å². The van der Waals surface area contributed by atoms with Gasteiger partial charge >= 0.3 is 0 Å². The molecular weight excluding hydrogens is 334 g/mol. The first-order chi connectivity index (χ1) is 9.75. The Morgan fingerprint density at radius 3 is 3.00 bits per heavy atom. The molecule has 0 saturated carbocycles.